The predicted molar refractivity (Wildman–Crippen MR) is 173 cm³/mol. The summed E-state index contributed by atoms with van der Waals surface area (Å²) in [5, 5.41) is 1.04. The van der Waals surface area contributed by atoms with Crippen LogP contribution in [0.15, 0.2) is 36.4 Å². The number of nitrogens with two attached hydrogens (primary N) is 1. The number of aryl methyl sites for hydroxylation is 2. The fourth-order valence-corrected chi connectivity index (χ4v) is 9.21. The number of fused-ring (bicyclic) bond motifs is 5. The molecule has 5 atom stereocenters. The lowest BCUT2D eigenvalue weighted by Gasteiger charge is -2.36. The molecular weight excluding hydrogens is 604 g/mol. The van der Waals surface area contributed by atoms with E-state index in [9.17, 15) is 22.8 Å². The highest BCUT2D eigenvalue weighted by Crippen LogP contribution is 2.58. The van der Waals surface area contributed by atoms with Crippen LogP contribution >= 0.6 is 0 Å². The van der Waals surface area contributed by atoms with Gasteiger partial charge in [-0.25, -0.2) is 13.4 Å². The second kappa shape index (κ2) is 11.1. The van der Waals surface area contributed by atoms with Crippen LogP contribution in [0, 0.1) is 18.3 Å². The number of hydrogen-bond donors (Lipinski definition) is 2. The van der Waals surface area contributed by atoms with Gasteiger partial charge >= 0.3 is 0 Å². The summed E-state index contributed by atoms with van der Waals surface area (Å²) in [7, 11) is -3.88. The van der Waals surface area contributed by atoms with Crippen LogP contribution in [0.1, 0.15) is 88.8 Å². The second-order valence-electron chi connectivity index (χ2n) is 14.7. The van der Waals surface area contributed by atoms with E-state index in [1.807, 2.05) is 43.3 Å². The summed E-state index contributed by atoms with van der Waals surface area (Å²) in [6.07, 6.45) is 10.8. The monoisotopic (exact) mass is 648 g/mol. The van der Waals surface area contributed by atoms with Crippen LogP contribution in [-0.2, 0) is 30.8 Å². The van der Waals surface area contributed by atoms with E-state index in [1.54, 1.807) is 11.8 Å². The molecule has 3 fully saturated rings. The van der Waals surface area contributed by atoms with Crippen molar-refractivity contribution in [3.05, 3.63) is 47.7 Å². The lowest BCUT2D eigenvalue weighted by molar-refractivity contribution is -0.140. The topological polar surface area (TPSA) is 149 Å². The van der Waals surface area contributed by atoms with E-state index in [0.29, 0.717) is 44.3 Å². The number of para-hydroxylation sites is 1. The number of carbonyl (C=O) groups is 3. The number of ether oxygens (including phenoxy) is 1. The Hall–Kier alpha value is -3.31. The zero-order valence-corrected chi connectivity index (χ0v) is 27.5. The third-order valence-corrected chi connectivity index (χ3v) is 13.5. The second-order valence-corrected chi connectivity index (χ2v) is 16.9. The molecule has 1 aromatic carbocycles. The van der Waals surface area contributed by atoms with Gasteiger partial charge in [-0.3, -0.25) is 19.1 Å². The van der Waals surface area contributed by atoms with Crippen molar-refractivity contribution in [1.82, 2.24) is 14.6 Å². The number of hydrogen-bond acceptors (Lipinski definition) is 8. The Balaban J connectivity index is 1.21. The highest BCUT2D eigenvalue weighted by Gasteiger charge is 2.63. The van der Waals surface area contributed by atoms with Crippen molar-refractivity contribution >= 4 is 38.5 Å². The van der Waals surface area contributed by atoms with E-state index in [2.05, 4.69) is 4.72 Å². The van der Waals surface area contributed by atoms with Gasteiger partial charge in [-0.1, -0.05) is 43.2 Å². The first-order valence-electron chi connectivity index (χ1n) is 16.8. The van der Waals surface area contributed by atoms with Gasteiger partial charge in [-0.2, -0.15) is 0 Å². The van der Waals surface area contributed by atoms with Gasteiger partial charge in [0, 0.05) is 23.8 Å². The van der Waals surface area contributed by atoms with Gasteiger partial charge in [0.15, 0.2) is 5.78 Å². The van der Waals surface area contributed by atoms with Gasteiger partial charge in [0.1, 0.15) is 11.4 Å². The molecule has 3 aliphatic heterocycles. The molecule has 1 aromatic heterocycles. The van der Waals surface area contributed by atoms with Crippen LogP contribution in [0.3, 0.4) is 0 Å². The predicted octanol–water partition coefficient (Wildman–Crippen LogP) is 4.02. The minimum Gasteiger partial charge on any atom is -0.483 e. The van der Waals surface area contributed by atoms with Crippen molar-refractivity contribution in [2.24, 2.45) is 17.1 Å². The number of carbonyl (C=O) groups excluding carboxylic acids is 3. The number of aromatic nitrogens is 1. The molecule has 3 N–H and O–H groups in total. The number of ketones is 1. The standard InChI is InChI=1S/C35H44N4O6S/c1-22-30-25(24-11-8-9-13-27(24)37-22)14-15-34(45-30)19-28-29(40)20-35(32(42)38-46(43,44)33(2)16-17-33)18-23(35)10-6-4-3-5-7-12-26(36)31(41)39(28)21-34/h6,8-11,13,23,26,28H,3-5,7,12,14-21,36H2,1-2H3,(H,38,42)/b10-6-/t23-,26+,28+,34-,35-/m1/s1. The summed E-state index contributed by atoms with van der Waals surface area (Å²) >= 11 is 0. The van der Waals surface area contributed by atoms with Crippen molar-refractivity contribution in [3.63, 3.8) is 0 Å². The first-order valence-corrected chi connectivity index (χ1v) is 18.2. The largest absolute Gasteiger partial charge is 0.483 e. The Morgan fingerprint density at radius 3 is 2.67 bits per heavy atom. The van der Waals surface area contributed by atoms with Crippen LogP contribution in [0.25, 0.3) is 10.9 Å². The fourth-order valence-electron chi connectivity index (χ4n) is 7.88. The highest BCUT2D eigenvalue weighted by molar-refractivity contribution is 7.91. The van der Waals surface area contributed by atoms with Gasteiger partial charge in [0.2, 0.25) is 21.8 Å². The summed E-state index contributed by atoms with van der Waals surface area (Å²) in [6, 6.07) is 6.40. The molecule has 0 radical (unpaired) electrons. The van der Waals surface area contributed by atoms with Crippen LogP contribution in [0.4, 0.5) is 0 Å². The van der Waals surface area contributed by atoms with E-state index in [4.69, 9.17) is 15.5 Å². The number of nitrogens with one attached hydrogen (secondary N) is 1. The van der Waals surface area contributed by atoms with Gasteiger partial charge in [-0.15, -0.1) is 0 Å². The summed E-state index contributed by atoms with van der Waals surface area (Å²) in [6.45, 7) is 3.78. The maximum absolute atomic E-state index is 14.4. The average molecular weight is 649 g/mol. The van der Waals surface area contributed by atoms with Crippen molar-refractivity contribution in [2.45, 2.75) is 113 Å². The number of pyridine rings is 1. The average Bonchev–Trinajstić information content (AvgIpc) is 3.91. The Morgan fingerprint density at radius 1 is 1.11 bits per heavy atom. The number of sulfonamides is 1. The van der Waals surface area contributed by atoms with Crippen LogP contribution < -0.4 is 15.2 Å². The lowest BCUT2D eigenvalue weighted by Crippen LogP contribution is -2.50. The molecule has 1 saturated heterocycles. The van der Waals surface area contributed by atoms with Gasteiger partial charge < -0.3 is 15.4 Å². The quantitative estimate of drug-likeness (QED) is 0.474. The van der Waals surface area contributed by atoms with Gasteiger partial charge in [-0.05, 0) is 77.2 Å². The first-order chi connectivity index (χ1) is 21.9. The van der Waals surface area contributed by atoms with E-state index < -0.39 is 43.8 Å². The van der Waals surface area contributed by atoms with Crippen LogP contribution in [0.2, 0.25) is 0 Å². The summed E-state index contributed by atoms with van der Waals surface area (Å²) in [5.74, 6) is -0.687. The number of Topliss-reactive ketones (excluding diaryl/α,β-unsaturated/α-hetero) is 1. The SMILES string of the molecule is Cc1nc2ccccc2c2c1O[C@]1(CC2)C[C@H]2C(=O)C[C@]3(C(=O)NS(=O)(=O)C4(C)CC4)C[C@H]3/C=C\CCCCC[C@H](N)C(=O)N2C1. The smallest absolute Gasteiger partial charge is 0.240 e. The summed E-state index contributed by atoms with van der Waals surface area (Å²) in [5.41, 5.74) is 7.25. The number of amides is 2. The summed E-state index contributed by atoms with van der Waals surface area (Å²) in [4.78, 5) is 48.5. The number of nitrogens with zero attached hydrogens (tertiary/aromatic N) is 2. The molecule has 2 saturated carbocycles. The fraction of sp³-hybridized carbons (Fsp3) is 0.600. The van der Waals surface area contributed by atoms with E-state index in [0.717, 1.165) is 47.8 Å². The van der Waals surface area contributed by atoms with Crippen LogP contribution in [-0.4, -0.2) is 64.9 Å². The molecule has 1 spiro atoms. The Bertz CT molecular complexity index is 1750. The molecule has 2 aromatic rings. The zero-order valence-electron chi connectivity index (χ0n) is 26.7. The van der Waals surface area contributed by atoms with E-state index in [1.165, 1.54) is 0 Å². The molecule has 0 bridgehead atoms. The third-order valence-electron chi connectivity index (χ3n) is 11.3. The molecule has 11 heteroatoms. The zero-order chi connectivity index (χ0) is 32.5. The van der Waals surface area contributed by atoms with E-state index in [-0.39, 0.29) is 37.0 Å². The highest BCUT2D eigenvalue weighted by atomic mass is 32.2. The molecule has 2 aliphatic carbocycles. The summed E-state index contributed by atoms with van der Waals surface area (Å²) < 4.78 is 34.3. The number of allylic oxidation sites excluding steroid dienone is 2. The molecule has 5 aliphatic rings. The lowest BCUT2D eigenvalue weighted by atomic mass is 9.85. The molecule has 46 heavy (non-hydrogen) atoms. The Labute approximate surface area is 270 Å². The van der Waals surface area contributed by atoms with Gasteiger partial charge in [0.25, 0.3) is 0 Å². The van der Waals surface area contributed by atoms with Crippen molar-refractivity contribution < 1.29 is 27.5 Å². The molecule has 246 valence electrons. The Morgan fingerprint density at radius 2 is 1.89 bits per heavy atom. The molecule has 0 unspecified atom stereocenters. The molecule has 10 nitrogen and oxygen atoms in total. The molecule has 7 rings (SSSR count). The minimum absolute atomic E-state index is 0.151. The first kappa shape index (κ1) is 31.3. The molecular formula is C35H44N4O6S. The normalized spacial score (nSPS) is 33.2. The number of rotatable bonds is 3. The van der Waals surface area contributed by atoms with Crippen molar-refractivity contribution in [1.29, 1.82) is 0 Å². The maximum atomic E-state index is 14.4. The maximum Gasteiger partial charge on any atom is 0.240 e. The minimum atomic E-state index is -3.88. The molecule has 4 heterocycles. The Kier molecular flexibility index (Phi) is 7.58. The van der Waals surface area contributed by atoms with Crippen molar-refractivity contribution in [2.75, 3.05) is 6.54 Å². The number of benzene rings is 1. The van der Waals surface area contributed by atoms with Crippen molar-refractivity contribution in [3.8, 4) is 5.75 Å². The van der Waals surface area contributed by atoms with Gasteiger partial charge in [0.05, 0.1) is 40.0 Å². The third kappa shape index (κ3) is 5.33. The van der Waals surface area contributed by atoms with E-state index >= 15 is 0 Å². The van der Waals surface area contributed by atoms with Crippen LogP contribution in [0.5, 0.6) is 5.75 Å². The molecule has 2 amide bonds.